The molecule has 6 nitrogen and oxygen atoms in total. The van der Waals surface area contributed by atoms with Gasteiger partial charge in [-0.25, -0.2) is 4.79 Å². The summed E-state index contributed by atoms with van der Waals surface area (Å²) >= 11 is 1.56. The SMILES string of the molecule is COc1ccc(-c2noc(COC(=O)c3cc(C)sc3C)n2)cc1. The molecule has 2 aromatic heterocycles. The van der Waals surface area contributed by atoms with E-state index in [2.05, 4.69) is 10.1 Å². The molecule has 0 amide bonds. The lowest BCUT2D eigenvalue weighted by Crippen LogP contribution is -2.05. The van der Waals surface area contributed by atoms with Crippen LogP contribution in [0.2, 0.25) is 0 Å². The van der Waals surface area contributed by atoms with Crippen LogP contribution in [-0.4, -0.2) is 23.2 Å². The molecule has 124 valence electrons. The smallest absolute Gasteiger partial charge is 0.339 e. The topological polar surface area (TPSA) is 74.5 Å². The molecule has 0 atom stereocenters. The van der Waals surface area contributed by atoms with Crippen LogP contribution in [0, 0.1) is 13.8 Å². The standard InChI is InChI=1S/C17H16N2O4S/c1-10-8-14(11(2)24-10)17(20)22-9-15-18-16(19-23-15)12-4-6-13(21-3)7-5-12/h4-8H,9H2,1-3H3. The van der Waals surface area contributed by atoms with E-state index < -0.39 is 0 Å². The Morgan fingerprint density at radius 3 is 2.62 bits per heavy atom. The van der Waals surface area contributed by atoms with Gasteiger partial charge in [-0.15, -0.1) is 11.3 Å². The van der Waals surface area contributed by atoms with Gasteiger partial charge in [0.2, 0.25) is 5.82 Å². The van der Waals surface area contributed by atoms with Gasteiger partial charge in [-0.1, -0.05) is 5.16 Å². The van der Waals surface area contributed by atoms with Crippen molar-refractivity contribution in [1.82, 2.24) is 10.1 Å². The van der Waals surface area contributed by atoms with E-state index in [9.17, 15) is 4.79 Å². The van der Waals surface area contributed by atoms with E-state index >= 15 is 0 Å². The van der Waals surface area contributed by atoms with E-state index in [-0.39, 0.29) is 18.5 Å². The molecule has 1 aromatic carbocycles. The first-order valence-corrected chi connectivity index (χ1v) is 8.09. The summed E-state index contributed by atoms with van der Waals surface area (Å²) in [7, 11) is 1.60. The summed E-state index contributed by atoms with van der Waals surface area (Å²) in [6.45, 7) is 3.78. The molecule has 0 saturated heterocycles. The summed E-state index contributed by atoms with van der Waals surface area (Å²) in [5.41, 5.74) is 1.37. The summed E-state index contributed by atoms with van der Waals surface area (Å²) in [5.74, 6) is 1.05. The van der Waals surface area contributed by atoms with Crippen molar-refractivity contribution in [3.05, 3.63) is 51.5 Å². The number of methoxy groups -OCH3 is 1. The number of carbonyl (C=O) groups excluding carboxylic acids is 1. The van der Waals surface area contributed by atoms with Gasteiger partial charge < -0.3 is 14.0 Å². The third-order valence-corrected chi connectivity index (χ3v) is 4.37. The molecule has 2 heterocycles. The van der Waals surface area contributed by atoms with E-state index in [1.807, 2.05) is 44.2 Å². The molecule has 0 bridgehead atoms. The summed E-state index contributed by atoms with van der Waals surface area (Å²) in [5, 5.41) is 3.90. The number of thiophene rings is 1. The average Bonchev–Trinajstić information content (AvgIpc) is 3.19. The van der Waals surface area contributed by atoms with E-state index in [0.717, 1.165) is 21.1 Å². The summed E-state index contributed by atoms with van der Waals surface area (Å²) < 4.78 is 15.5. The molecule has 0 unspecified atom stereocenters. The Morgan fingerprint density at radius 2 is 2.00 bits per heavy atom. The monoisotopic (exact) mass is 344 g/mol. The van der Waals surface area contributed by atoms with Crippen LogP contribution < -0.4 is 4.74 Å². The fourth-order valence-electron chi connectivity index (χ4n) is 2.21. The van der Waals surface area contributed by atoms with Gasteiger partial charge in [-0.2, -0.15) is 4.98 Å². The van der Waals surface area contributed by atoms with E-state index in [0.29, 0.717) is 11.4 Å². The molecule has 0 radical (unpaired) electrons. The molecule has 0 aliphatic heterocycles. The minimum absolute atomic E-state index is 0.0592. The second kappa shape index (κ2) is 6.84. The van der Waals surface area contributed by atoms with Gasteiger partial charge in [0, 0.05) is 15.3 Å². The molecule has 0 aliphatic carbocycles. The van der Waals surface area contributed by atoms with Crippen molar-refractivity contribution in [1.29, 1.82) is 0 Å². The molecule has 3 rings (SSSR count). The highest BCUT2D eigenvalue weighted by molar-refractivity contribution is 7.12. The summed E-state index contributed by atoms with van der Waals surface area (Å²) in [6.07, 6.45) is 0. The summed E-state index contributed by atoms with van der Waals surface area (Å²) in [6, 6.07) is 9.10. The number of hydrogen-bond donors (Lipinski definition) is 0. The van der Waals surface area contributed by atoms with Gasteiger partial charge >= 0.3 is 5.97 Å². The van der Waals surface area contributed by atoms with Crippen LogP contribution >= 0.6 is 11.3 Å². The number of rotatable bonds is 5. The minimum Gasteiger partial charge on any atom is -0.497 e. The highest BCUT2D eigenvalue weighted by atomic mass is 32.1. The van der Waals surface area contributed by atoms with Crippen LogP contribution in [0.15, 0.2) is 34.9 Å². The Labute approximate surface area is 143 Å². The first-order valence-electron chi connectivity index (χ1n) is 7.28. The number of aryl methyl sites for hydroxylation is 2. The number of benzene rings is 1. The molecule has 24 heavy (non-hydrogen) atoms. The number of hydrogen-bond acceptors (Lipinski definition) is 7. The zero-order chi connectivity index (χ0) is 17.1. The zero-order valence-corrected chi connectivity index (χ0v) is 14.3. The maximum Gasteiger partial charge on any atom is 0.339 e. The fraction of sp³-hybridized carbons (Fsp3) is 0.235. The van der Waals surface area contributed by atoms with Crippen molar-refractivity contribution in [3.8, 4) is 17.1 Å². The van der Waals surface area contributed by atoms with E-state index in [1.54, 1.807) is 18.4 Å². The molecule has 0 fully saturated rings. The van der Waals surface area contributed by atoms with Crippen LogP contribution in [0.25, 0.3) is 11.4 Å². The predicted molar refractivity (Wildman–Crippen MR) is 89.2 cm³/mol. The first-order chi connectivity index (χ1) is 11.6. The highest BCUT2D eigenvalue weighted by Crippen LogP contribution is 2.22. The van der Waals surface area contributed by atoms with Crippen molar-refractivity contribution in [2.75, 3.05) is 7.11 Å². The lowest BCUT2D eigenvalue weighted by atomic mass is 10.2. The lowest BCUT2D eigenvalue weighted by Gasteiger charge is -2.00. The normalized spacial score (nSPS) is 10.6. The Kier molecular flexibility index (Phi) is 4.61. The predicted octanol–water partition coefficient (Wildman–Crippen LogP) is 3.78. The van der Waals surface area contributed by atoms with Crippen molar-refractivity contribution in [2.45, 2.75) is 20.5 Å². The largest absolute Gasteiger partial charge is 0.497 e. The third-order valence-electron chi connectivity index (χ3n) is 3.40. The third kappa shape index (κ3) is 3.46. The van der Waals surface area contributed by atoms with Crippen molar-refractivity contribution >= 4 is 17.3 Å². The van der Waals surface area contributed by atoms with Crippen LogP contribution in [0.4, 0.5) is 0 Å². The zero-order valence-electron chi connectivity index (χ0n) is 13.5. The molecule has 0 N–H and O–H groups in total. The Bertz CT molecular complexity index is 852. The van der Waals surface area contributed by atoms with Crippen LogP contribution in [0.3, 0.4) is 0 Å². The average molecular weight is 344 g/mol. The maximum absolute atomic E-state index is 12.1. The number of esters is 1. The second-order valence-electron chi connectivity index (χ2n) is 5.14. The first kappa shape index (κ1) is 16.2. The molecular weight excluding hydrogens is 328 g/mol. The van der Waals surface area contributed by atoms with E-state index in [1.165, 1.54) is 0 Å². The van der Waals surface area contributed by atoms with Crippen molar-refractivity contribution in [2.24, 2.45) is 0 Å². The number of carbonyl (C=O) groups is 1. The maximum atomic E-state index is 12.1. The van der Waals surface area contributed by atoms with Gasteiger partial charge in [-0.3, -0.25) is 0 Å². The Balaban J connectivity index is 1.65. The summed E-state index contributed by atoms with van der Waals surface area (Å²) in [4.78, 5) is 18.3. The van der Waals surface area contributed by atoms with Crippen LogP contribution in [-0.2, 0) is 11.3 Å². The van der Waals surface area contributed by atoms with Crippen LogP contribution in [0.5, 0.6) is 5.75 Å². The van der Waals surface area contributed by atoms with Gasteiger partial charge in [0.15, 0.2) is 6.61 Å². The molecule has 0 spiro atoms. The Morgan fingerprint density at radius 1 is 1.25 bits per heavy atom. The lowest BCUT2D eigenvalue weighted by molar-refractivity contribution is 0.0429. The van der Waals surface area contributed by atoms with Crippen molar-refractivity contribution in [3.63, 3.8) is 0 Å². The van der Waals surface area contributed by atoms with Gasteiger partial charge in [0.1, 0.15) is 5.75 Å². The molecule has 3 aromatic rings. The van der Waals surface area contributed by atoms with E-state index in [4.69, 9.17) is 14.0 Å². The molecule has 0 saturated carbocycles. The molecule has 0 aliphatic rings. The second-order valence-corrected chi connectivity index (χ2v) is 6.60. The Hall–Kier alpha value is -2.67. The van der Waals surface area contributed by atoms with Gasteiger partial charge in [0.25, 0.3) is 5.89 Å². The van der Waals surface area contributed by atoms with Crippen LogP contribution in [0.1, 0.15) is 26.0 Å². The number of ether oxygens (including phenoxy) is 2. The molecular formula is C17H16N2O4S. The quantitative estimate of drug-likeness (QED) is 0.656. The molecule has 7 heteroatoms. The number of nitrogens with zero attached hydrogens (tertiary/aromatic N) is 2. The fourth-order valence-corrected chi connectivity index (χ4v) is 3.12. The van der Waals surface area contributed by atoms with Crippen molar-refractivity contribution < 1.29 is 18.8 Å². The highest BCUT2D eigenvalue weighted by Gasteiger charge is 2.16. The number of aromatic nitrogens is 2. The van der Waals surface area contributed by atoms with Gasteiger partial charge in [-0.05, 0) is 44.2 Å². The minimum atomic E-state index is -0.388. The van der Waals surface area contributed by atoms with Gasteiger partial charge in [0.05, 0.1) is 12.7 Å².